The van der Waals surface area contributed by atoms with Gasteiger partial charge in [-0.05, 0) is 48.1 Å². The first-order chi connectivity index (χ1) is 13.2. The Balaban J connectivity index is 1.55. The van der Waals surface area contributed by atoms with Crippen LogP contribution in [-0.4, -0.2) is 40.2 Å². The summed E-state index contributed by atoms with van der Waals surface area (Å²) in [6.45, 7) is 6.05. The highest BCUT2D eigenvalue weighted by molar-refractivity contribution is 8.22. The Morgan fingerprint density at radius 1 is 1.36 bits per heavy atom. The monoisotopic (exact) mass is 419 g/mol. The predicted octanol–water partition coefficient (Wildman–Crippen LogP) is 3.41. The summed E-state index contributed by atoms with van der Waals surface area (Å²) in [4.78, 5) is 27.2. The van der Waals surface area contributed by atoms with Crippen LogP contribution in [0.15, 0.2) is 29.4 Å². The molecule has 1 aromatic rings. The van der Waals surface area contributed by atoms with Crippen molar-refractivity contribution in [3.05, 3.63) is 29.8 Å². The maximum absolute atomic E-state index is 13.0. The molecule has 1 aromatic carbocycles. The van der Waals surface area contributed by atoms with E-state index in [0.29, 0.717) is 4.32 Å². The van der Waals surface area contributed by atoms with Crippen LogP contribution in [0.1, 0.15) is 39.2 Å². The van der Waals surface area contributed by atoms with Gasteiger partial charge in [0.2, 0.25) is 11.8 Å². The van der Waals surface area contributed by atoms with Gasteiger partial charge in [-0.3, -0.25) is 19.9 Å². The van der Waals surface area contributed by atoms with Gasteiger partial charge < -0.3 is 4.74 Å². The van der Waals surface area contributed by atoms with Crippen molar-refractivity contribution >= 4 is 46.3 Å². The SMILES string of the molecule is COc1ccc(C=NNC(=S)SCN2C(=O)[C@H]3CC[C@@](C)(C2=O)C3(C)C)cc1. The summed E-state index contributed by atoms with van der Waals surface area (Å²) in [5.74, 6) is 0.711. The zero-order chi connectivity index (χ0) is 20.5. The maximum atomic E-state index is 13.0. The number of carbonyl (C=O) groups is 2. The lowest BCUT2D eigenvalue weighted by Gasteiger charge is -2.47. The molecule has 1 aliphatic heterocycles. The Bertz CT molecular complexity index is 822. The van der Waals surface area contributed by atoms with E-state index in [9.17, 15) is 9.59 Å². The standard InChI is InChI=1S/C20H25N3O3S2/c1-19(2)15-9-10-20(19,3)17(25)23(16(15)24)12-28-18(27)22-21-11-13-5-7-14(26-4)8-6-13/h5-8,11,15H,9-10,12H2,1-4H3,(H,22,27)/t15-,20+/m1/s1. The number of hydrogen-bond acceptors (Lipinski definition) is 6. The Hall–Kier alpha value is -1.93. The first kappa shape index (κ1) is 20.8. The van der Waals surface area contributed by atoms with Crippen molar-refractivity contribution in [1.82, 2.24) is 10.3 Å². The largest absolute Gasteiger partial charge is 0.497 e. The first-order valence-corrected chi connectivity index (χ1v) is 10.6. The number of fused-ring (bicyclic) bond motifs is 2. The number of ether oxygens (including phenoxy) is 1. The van der Waals surface area contributed by atoms with Crippen molar-refractivity contribution in [1.29, 1.82) is 0 Å². The van der Waals surface area contributed by atoms with Crippen molar-refractivity contribution in [2.75, 3.05) is 13.0 Å². The Labute approximate surface area is 175 Å². The van der Waals surface area contributed by atoms with Gasteiger partial charge in [-0.25, -0.2) is 0 Å². The number of imide groups is 1. The van der Waals surface area contributed by atoms with Crippen molar-refractivity contribution in [3.8, 4) is 5.75 Å². The third-order valence-electron chi connectivity index (χ3n) is 6.32. The third kappa shape index (κ3) is 3.55. The minimum absolute atomic E-state index is 0.0815. The summed E-state index contributed by atoms with van der Waals surface area (Å²) < 4.78 is 5.52. The number of amides is 2. The second-order valence-electron chi connectivity index (χ2n) is 7.92. The Kier molecular flexibility index (Phi) is 5.82. The van der Waals surface area contributed by atoms with Gasteiger partial charge >= 0.3 is 0 Å². The van der Waals surface area contributed by atoms with Gasteiger partial charge in [0.05, 0.1) is 24.6 Å². The number of hydrogen-bond donors (Lipinski definition) is 1. The molecule has 1 saturated heterocycles. The number of hydrazone groups is 1. The van der Waals surface area contributed by atoms with Crippen LogP contribution in [0, 0.1) is 16.7 Å². The van der Waals surface area contributed by atoms with E-state index >= 15 is 0 Å². The van der Waals surface area contributed by atoms with E-state index in [1.54, 1.807) is 13.3 Å². The zero-order valence-corrected chi connectivity index (χ0v) is 18.2. The van der Waals surface area contributed by atoms with E-state index < -0.39 is 5.41 Å². The number of nitrogens with zero attached hydrogens (tertiary/aromatic N) is 2. The van der Waals surface area contributed by atoms with E-state index in [-0.39, 0.29) is 29.0 Å². The summed E-state index contributed by atoms with van der Waals surface area (Å²) in [6, 6.07) is 7.45. The molecule has 2 atom stereocenters. The molecule has 1 N–H and O–H groups in total. The molecule has 0 radical (unpaired) electrons. The van der Waals surface area contributed by atoms with Gasteiger partial charge in [-0.15, -0.1) is 0 Å². The number of rotatable bonds is 5. The molecule has 0 aromatic heterocycles. The molecule has 8 heteroatoms. The molecule has 6 nitrogen and oxygen atoms in total. The Morgan fingerprint density at radius 2 is 2.04 bits per heavy atom. The minimum Gasteiger partial charge on any atom is -0.497 e. The summed E-state index contributed by atoms with van der Waals surface area (Å²) >= 11 is 6.50. The van der Waals surface area contributed by atoms with Gasteiger partial charge in [-0.2, -0.15) is 5.10 Å². The van der Waals surface area contributed by atoms with Gasteiger partial charge in [0, 0.05) is 5.92 Å². The van der Waals surface area contributed by atoms with Gasteiger partial charge in [-0.1, -0.05) is 44.8 Å². The quantitative estimate of drug-likeness (QED) is 0.341. The molecule has 28 heavy (non-hydrogen) atoms. The van der Waals surface area contributed by atoms with E-state index in [4.69, 9.17) is 17.0 Å². The van der Waals surface area contributed by atoms with Crippen LogP contribution in [0.2, 0.25) is 0 Å². The molecular weight excluding hydrogens is 394 g/mol. The number of thioether (sulfide) groups is 1. The highest BCUT2D eigenvalue weighted by Crippen LogP contribution is 2.60. The predicted molar refractivity (Wildman–Crippen MR) is 115 cm³/mol. The zero-order valence-electron chi connectivity index (χ0n) is 16.5. The summed E-state index contributed by atoms with van der Waals surface area (Å²) in [5, 5.41) is 4.11. The molecule has 0 spiro atoms. The molecule has 3 rings (SSSR count). The van der Waals surface area contributed by atoms with Crippen molar-refractivity contribution in [2.24, 2.45) is 21.8 Å². The molecule has 2 fully saturated rings. The van der Waals surface area contributed by atoms with Crippen LogP contribution in [0.5, 0.6) is 5.75 Å². The molecule has 2 bridgehead atoms. The lowest BCUT2D eigenvalue weighted by molar-refractivity contribution is -0.166. The van der Waals surface area contributed by atoms with Crippen LogP contribution in [0.4, 0.5) is 0 Å². The molecule has 2 aliphatic rings. The lowest BCUT2D eigenvalue weighted by Crippen LogP contribution is -2.58. The molecule has 0 unspecified atom stereocenters. The van der Waals surface area contributed by atoms with E-state index in [1.165, 1.54) is 16.7 Å². The van der Waals surface area contributed by atoms with Gasteiger partial charge in [0.15, 0.2) is 4.32 Å². The maximum Gasteiger partial charge on any atom is 0.236 e. The summed E-state index contributed by atoms with van der Waals surface area (Å²) in [6.07, 6.45) is 3.17. The van der Waals surface area contributed by atoms with Crippen molar-refractivity contribution < 1.29 is 14.3 Å². The molecule has 2 amide bonds. The number of benzene rings is 1. The fourth-order valence-electron chi connectivity index (χ4n) is 4.03. The highest BCUT2D eigenvalue weighted by Gasteiger charge is 2.64. The van der Waals surface area contributed by atoms with Gasteiger partial charge in [0.25, 0.3) is 0 Å². The van der Waals surface area contributed by atoms with E-state index in [1.807, 2.05) is 45.0 Å². The molecular formula is C20H25N3O3S2. The second kappa shape index (κ2) is 7.83. The Morgan fingerprint density at radius 3 is 2.68 bits per heavy atom. The van der Waals surface area contributed by atoms with Crippen LogP contribution in [0.25, 0.3) is 0 Å². The van der Waals surface area contributed by atoms with Crippen LogP contribution >= 0.6 is 24.0 Å². The van der Waals surface area contributed by atoms with E-state index in [2.05, 4.69) is 10.5 Å². The van der Waals surface area contributed by atoms with Crippen molar-refractivity contribution in [2.45, 2.75) is 33.6 Å². The topological polar surface area (TPSA) is 71.0 Å². The average Bonchev–Trinajstić information content (AvgIpc) is 2.86. The summed E-state index contributed by atoms with van der Waals surface area (Å²) in [5.41, 5.74) is 2.88. The fourth-order valence-corrected chi connectivity index (χ4v) is 4.85. The average molecular weight is 420 g/mol. The van der Waals surface area contributed by atoms with E-state index in [0.717, 1.165) is 24.2 Å². The minimum atomic E-state index is -0.492. The van der Waals surface area contributed by atoms with Crippen molar-refractivity contribution in [3.63, 3.8) is 0 Å². The molecule has 1 heterocycles. The molecule has 150 valence electrons. The second-order valence-corrected chi connectivity index (χ2v) is 9.54. The number of methoxy groups -OCH3 is 1. The number of carbonyl (C=O) groups excluding carboxylic acids is 2. The fraction of sp³-hybridized carbons (Fsp3) is 0.500. The number of piperidine rings is 1. The molecule has 1 saturated carbocycles. The van der Waals surface area contributed by atoms with Gasteiger partial charge in [0.1, 0.15) is 5.75 Å². The number of nitrogens with one attached hydrogen (secondary N) is 1. The summed E-state index contributed by atoms with van der Waals surface area (Å²) in [7, 11) is 1.62. The smallest absolute Gasteiger partial charge is 0.236 e. The molecule has 1 aliphatic carbocycles. The number of thiocarbonyl (C=S) groups is 1. The normalized spacial score (nSPS) is 26.0. The van der Waals surface area contributed by atoms with Crippen LogP contribution in [0.3, 0.4) is 0 Å². The van der Waals surface area contributed by atoms with Crippen LogP contribution in [-0.2, 0) is 9.59 Å². The first-order valence-electron chi connectivity index (χ1n) is 9.16. The lowest BCUT2D eigenvalue weighted by atomic mass is 9.62. The third-order valence-corrected chi connectivity index (χ3v) is 7.50. The highest BCUT2D eigenvalue weighted by atomic mass is 32.2. The number of likely N-dealkylation sites (tertiary alicyclic amines) is 1. The van der Waals surface area contributed by atoms with Crippen LogP contribution < -0.4 is 10.2 Å².